The first kappa shape index (κ1) is 19.5. The summed E-state index contributed by atoms with van der Waals surface area (Å²) in [5, 5.41) is 2.96. The van der Waals surface area contributed by atoms with Gasteiger partial charge >= 0.3 is 5.97 Å². The molecule has 0 radical (unpaired) electrons. The van der Waals surface area contributed by atoms with Crippen LogP contribution in [-0.4, -0.2) is 31.6 Å². The summed E-state index contributed by atoms with van der Waals surface area (Å²) in [5.41, 5.74) is 0.745. The maximum Gasteiger partial charge on any atom is 0.331 e. The van der Waals surface area contributed by atoms with E-state index >= 15 is 0 Å². The molecule has 25 heavy (non-hydrogen) atoms. The third-order valence-corrected chi connectivity index (χ3v) is 4.89. The largest absolute Gasteiger partial charge is 0.496 e. The van der Waals surface area contributed by atoms with Crippen LogP contribution in [0.5, 0.6) is 5.75 Å². The van der Waals surface area contributed by atoms with Gasteiger partial charge in [-0.25, -0.2) is 4.79 Å². The Balaban J connectivity index is 1.82. The number of nitrogens with one attached hydrogen (secondary N) is 1. The average Bonchev–Trinajstić information content (AvgIpc) is 2.60. The van der Waals surface area contributed by atoms with Crippen molar-refractivity contribution >= 4 is 33.9 Å². The van der Waals surface area contributed by atoms with E-state index in [-0.39, 0.29) is 18.6 Å². The van der Waals surface area contributed by atoms with E-state index < -0.39 is 5.97 Å². The molecule has 0 unspecified atom stereocenters. The van der Waals surface area contributed by atoms with E-state index in [0.29, 0.717) is 11.7 Å². The zero-order valence-electron chi connectivity index (χ0n) is 14.6. The first-order chi connectivity index (χ1) is 12.0. The van der Waals surface area contributed by atoms with Crippen LogP contribution in [0.25, 0.3) is 6.08 Å². The summed E-state index contributed by atoms with van der Waals surface area (Å²) in [6, 6.07) is 5.67. The molecule has 1 aromatic carbocycles. The quantitative estimate of drug-likeness (QED) is 0.574. The zero-order valence-corrected chi connectivity index (χ0v) is 16.2. The van der Waals surface area contributed by atoms with Gasteiger partial charge in [-0.3, -0.25) is 4.79 Å². The summed E-state index contributed by atoms with van der Waals surface area (Å²) in [7, 11) is 1.56. The normalized spacial score (nSPS) is 20.3. The van der Waals surface area contributed by atoms with Crippen LogP contribution >= 0.6 is 15.9 Å². The van der Waals surface area contributed by atoms with Gasteiger partial charge in [-0.15, -0.1) is 0 Å². The van der Waals surface area contributed by atoms with Crippen LogP contribution in [0.4, 0.5) is 0 Å². The first-order valence-corrected chi connectivity index (χ1v) is 9.26. The molecule has 2 atom stereocenters. The Morgan fingerprint density at radius 2 is 2.08 bits per heavy atom. The average molecular weight is 410 g/mol. The van der Waals surface area contributed by atoms with Crippen LogP contribution in [0.2, 0.25) is 0 Å². The van der Waals surface area contributed by atoms with E-state index in [4.69, 9.17) is 9.47 Å². The van der Waals surface area contributed by atoms with Gasteiger partial charge in [0, 0.05) is 22.2 Å². The molecule has 0 bridgehead atoms. The molecule has 1 amide bonds. The van der Waals surface area contributed by atoms with Gasteiger partial charge in [0.25, 0.3) is 5.91 Å². The van der Waals surface area contributed by atoms with E-state index in [2.05, 4.69) is 28.2 Å². The number of hydrogen-bond donors (Lipinski definition) is 1. The lowest BCUT2D eigenvalue weighted by Crippen LogP contribution is -2.42. The van der Waals surface area contributed by atoms with E-state index in [0.717, 1.165) is 29.3 Å². The Kier molecular flexibility index (Phi) is 7.50. The zero-order chi connectivity index (χ0) is 18.2. The number of carbonyl (C=O) groups is 2. The van der Waals surface area contributed by atoms with Gasteiger partial charge < -0.3 is 14.8 Å². The fraction of sp³-hybridized carbons (Fsp3) is 0.474. The molecule has 1 saturated carbocycles. The van der Waals surface area contributed by atoms with Gasteiger partial charge in [-0.05, 0) is 43.0 Å². The van der Waals surface area contributed by atoms with E-state index in [9.17, 15) is 9.59 Å². The molecule has 1 aliphatic rings. The second-order valence-electron chi connectivity index (χ2n) is 6.26. The molecule has 6 heteroatoms. The predicted octanol–water partition coefficient (Wildman–Crippen LogP) is 3.71. The summed E-state index contributed by atoms with van der Waals surface area (Å²) in [6.07, 6.45) is 7.36. The topological polar surface area (TPSA) is 64.6 Å². The van der Waals surface area contributed by atoms with Crippen LogP contribution in [-0.2, 0) is 14.3 Å². The van der Waals surface area contributed by atoms with Crippen molar-refractivity contribution in [3.8, 4) is 5.75 Å². The number of rotatable bonds is 6. The Labute approximate surface area is 156 Å². The Morgan fingerprint density at radius 1 is 1.32 bits per heavy atom. The number of halogens is 1. The number of esters is 1. The van der Waals surface area contributed by atoms with E-state index in [1.54, 1.807) is 19.3 Å². The SMILES string of the molecule is COc1ccc(Br)cc1/C=C/C(=O)OCC(=O)N[C@@H]1CCCC[C@@H]1C. The lowest BCUT2D eigenvalue weighted by molar-refractivity contribution is -0.144. The van der Waals surface area contributed by atoms with Crippen molar-refractivity contribution in [3.63, 3.8) is 0 Å². The first-order valence-electron chi connectivity index (χ1n) is 8.47. The van der Waals surface area contributed by atoms with Crippen LogP contribution in [0.1, 0.15) is 38.2 Å². The molecule has 0 aromatic heterocycles. The number of carbonyl (C=O) groups excluding carboxylic acids is 2. The second-order valence-corrected chi connectivity index (χ2v) is 7.18. The Hall–Kier alpha value is -1.82. The molecular weight excluding hydrogens is 386 g/mol. The summed E-state index contributed by atoms with van der Waals surface area (Å²) in [5.74, 6) is 0.308. The molecule has 1 aliphatic carbocycles. The fourth-order valence-corrected chi connectivity index (χ4v) is 3.34. The molecule has 1 fully saturated rings. The summed E-state index contributed by atoms with van der Waals surface area (Å²) in [6.45, 7) is 1.88. The highest BCUT2D eigenvalue weighted by molar-refractivity contribution is 9.10. The highest BCUT2D eigenvalue weighted by atomic mass is 79.9. The van der Waals surface area contributed by atoms with Crippen molar-refractivity contribution in [3.05, 3.63) is 34.3 Å². The van der Waals surface area contributed by atoms with Gasteiger partial charge in [0.1, 0.15) is 5.75 Å². The third-order valence-electron chi connectivity index (χ3n) is 4.39. The van der Waals surface area contributed by atoms with Crippen molar-refractivity contribution in [1.82, 2.24) is 5.32 Å². The van der Waals surface area contributed by atoms with Gasteiger partial charge in [-0.2, -0.15) is 0 Å². The molecule has 1 N–H and O–H groups in total. The van der Waals surface area contributed by atoms with Crippen molar-refractivity contribution < 1.29 is 19.1 Å². The minimum absolute atomic E-state index is 0.182. The molecule has 2 rings (SSSR count). The molecule has 0 aliphatic heterocycles. The van der Waals surface area contributed by atoms with Crippen LogP contribution in [0, 0.1) is 5.92 Å². The molecule has 1 aromatic rings. The van der Waals surface area contributed by atoms with Gasteiger partial charge in [0.2, 0.25) is 0 Å². The maximum atomic E-state index is 11.9. The number of amides is 1. The van der Waals surface area contributed by atoms with Crippen molar-refractivity contribution in [2.24, 2.45) is 5.92 Å². The number of methoxy groups -OCH3 is 1. The molecule has 0 saturated heterocycles. The molecule has 0 heterocycles. The minimum Gasteiger partial charge on any atom is -0.496 e. The van der Waals surface area contributed by atoms with Crippen molar-refractivity contribution in [2.45, 2.75) is 38.6 Å². The summed E-state index contributed by atoms with van der Waals surface area (Å²) in [4.78, 5) is 23.8. The minimum atomic E-state index is -0.561. The van der Waals surface area contributed by atoms with Crippen LogP contribution in [0.3, 0.4) is 0 Å². The Morgan fingerprint density at radius 3 is 2.80 bits per heavy atom. The second kappa shape index (κ2) is 9.61. The third kappa shape index (κ3) is 6.20. The van der Waals surface area contributed by atoms with Gasteiger partial charge in [-0.1, -0.05) is 35.7 Å². The molecule has 0 spiro atoms. The standard InChI is InChI=1S/C19H24BrNO4/c1-13-5-3-4-6-16(13)21-18(22)12-25-19(23)10-7-14-11-15(20)8-9-17(14)24-2/h7-11,13,16H,3-6,12H2,1-2H3,(H,21,22)/b10-7+/t13-,16+/m0/s1. The highest BCUT2D eigenvalue weighted by Crippen LogP contribution is 2.24. The smallest absolute Gasteiger partial charge is 0.331 e. The monoisotopic (exact) mass is 409 g/mol. The summed E-state index contributed by atoms with van der Waals surface area (Å²) >= 11 is 3.38. The molecule has 5 nitrogen and oxygen atoms in total. The van der Waals surface area contributed by atoms with Crippen LogP contribution < -0.4 is 10.1 Å². The van der Waals surface area contributed by atoms with Gasteiger partial charge in [0.15, 0.2) is 6.61 Å². The van der Waals surface area contributed by atoms with Gasteiger partial charge in [0.05, 0.1) is 7.11 Å². The van der Waals surface area contributed by atoms with Crippen LogP contribution in [0.15, 0.2) is 28.7 Å². The number of benzene rings is 1. The maximum absolute atomic E-state index is 11.9. The lowest BCUT2D eigenvalue weighted by atomic mass is 9.86. The predicted molar refractivity (Wildman–Crippen MR) is 100 cm³/mol. The van der Waals surface area contributed by atoms with Crippen molar-refractivity contribution in [2.75, 3.05) is 13.7 Å². The van der Waals surface area contributed by atoms with E-state index in [1.165, 1.54) is 12.5 Å². The van der Waals surface area contributed by atoms with Crippen molar-refractivity contribution in [1.29, 1.82) is 0 Å². The lowest BCUT2D eigenvalue weighted by Gasteiger charge is -2.29. The number of hydrogen-bond acceptors (Lipinski definition) is 4. The molecule has 136 valence electrons. The van der Waals surface area contributed by atoms with E-state index in [1.807, 2.05) is 12.1 Å². The molecular formula is C19H24BrNO4. The summed E-state index contributed by atoms with van der Waals surface area (Å²) < 4.78 is 11.1. The Bertz CT molecular complexity index is 644. The number of ether oxygens (including phenoxy) is 2. The highest BCUT2D eigenvalue weighted by Gasteiger charge is 2.22. The fourth-order valence-electron chi connectivity index (χ4n) is 2.96.